The molecule has 0 aliphatic heterocycles. The van der Waals surface area contributed by atoms with Crippen molar-refractivity contribution in [3.8, 4) is 0 Å². The van der Waals surface area contributed by atoms with E-state index in [1.807, 2.05) is 13.8 Å². The van der Waals surface area contributed by atoms with E-state index >= 15 is 0 Å². The topological polar surface area (TPSA) is 66.9 Å². The molecule has 0 radical (unpaired) electrons. The molecule has 2 rings (SSSR count). The predicted molar refractivity (Wildman–Crippen MR) is 102 cm³/mol. The number of hydrogen-bond donors (Lipinski definition) is 2. The molecule has 2 N–H and O–H groups in total. The summed E-state index contributed by atoms with van der Waals surface area (Å²) in [4.78, 5) is 12.4. The van der Waals surface area contributed by atoms with E-state index in [1.165, 1.54) is 35.2 Å². The van der Waals surface area contributed by atoms with Crippen LogP contribution in [0.15, 0.2) is 28.6 Å². The van der Waals surface area contributed by atoms with Gasteiger partial charge in [0.15, 0.2) is 4.34 Å². The van der Waals surface area contributed by atoms with Gasteiger partial charge in [-0.05, 0) is 37.5 Å². The van der Waals surface area contributed by atoms with E-state index in [4.69, 9.17) is 0 Å². The summed E-state index contributed by atoms with van der Waals surface area (Å²) in [7, 11) is 0. The van der Waals surface area contributed by atoms with Crippen LogP contribution < -0.4 is 10.6 Å². The van der Waals surface area contributed by atoms with Gasteiger partial charge in [-0.2, -0.15) is 0 Å². The summed E-state index contributed by atoms with van der Waals surface area (Å²) < 4.78 is 13.7. The summed E-state index contributed by atoms with van der Waals surface area (Å²) in [6.07, 6.45) is 0. The minimum atomic E-state index is -0.297. The van der Waals surface area contributed by atoms with Gasteiger partial charge in [0.05, 0.1) is 11.3 Å². The Morgan fingerprint density at radius 2 is 1.88 bits per heavy atom. The van der Waals surface area contributed by atoms with Gasteiger partial charge in [0.2, 0.25) is 11.0 Å². The maximum atomic E-state index is 13.0. The zero-order valence-electron chi connectivity index (χ0n) is 14.7. The lowest BCUT2D eigenvalue weighted by atomic mass is 10.1. The molecule has 0 aliphatic carbocycles. The first kappa shape index (κ1) is 19.7. The van der Waals surface area contributed by atoms with E-state index in [1.54, 1.807) is 12.1 Å². The molecule has 1 amide bonds. The van der Waals surface area contributed by atoms with E-state index < -0.39 is 0 Å². The van der Waals surface area contributed by atoms with Gasteiger partial charge in [-0.25, -0.2) is 4.39 Å². The molecular weight excluding hydrogens is 359 g/mol. The third-order valence-electron chi connectivity index (χ3n) is 3.44. The smallest absolute Gasteiger partial charge is 0.233 e. The lowest BCUT2D eigenvalue weighted by Gasteiger charge is -2.17. The number of anilines is 1. The van der Waals surface area contributed by atoms with Crippen LogP contribution in [0.2, 0.25) is 0 Å². The number of benzene rings is 1. The minimum Gasteiger partial charge on any atom is -0.360 e. The highest BCUT2D eigenvalue weighted by Gasteiger charge is 2.19. The van der Waals surface area contributed by atoms with Crippen molar-refractivity contribution in [3.63, 3.8) is 0 Å². The summed E-state index contributed by atoms with van der Waals surface area (Å²) in [6, 6.07) is 5.95. The minimum absolute atomic E-state index is 0.0892. The summed E-state index contributed by atoms with van der Waals surface area (Å²) in [6.45, 7) is 8.79. The van der Waals surface area contributed by atoms with Crippen molar-refractivity contribution in [2.24, 2.45) is 5.92 Å². The van der Waals surface area contributed by atoms with Gasteiger partial charge in [-0.3, -0.25) is 4.79 Å². The van der Waals surface area contributed by atoms with Crippen LogP contribution in [0.1, 0.15) is 39.3 Å². The second-order valence-electron chi connectivity index (χ2n) is 6.19. The fourth-order valence-electron chi connectivity index (χ4n) is 1.99. The molecule has 2 aromatic rings. The molecule has 2 atom stereocenters. The Kier molecular flexibility index (Phi) is 7.19. The predicted octanol–water partition coefficient (Wildman–Crippen LogP) is 4.10. The molecule has 0 saturated heterocycles. The first-order valence-corrected chi connectivity index (χ1v) is 9.84. The fraction of sp³-hybridized carbons (Fsp3) is 0.471. The Balaban J connectivity index is 1.86. The van der Waals surface area contributed by atoms with Crippen LogP contribution in [0.3, 0.4) is 0 Å². The van der Waals surface area contributed by atoms with Crippen LogP contribution in [0.5, 0.6) is 0 Å². The highest BCUT2D eigenvalue weighted by molar-refractivity contribution is 8.02. The number of aromatic nitrogens is 2. The Morgan fingerprint density at radius 1 is 1.20 bits per heavy atom. The van der Waals surface area contributed by atoms with E-state index in [2.05, 4.69) is 34.7 Å². The molecule has 8 heteroatoms. The van der Waals surface area contributed by atoms with Gasteiger partial charge in [-0.1, -0.05) is 49.1 Å². The Morgan fingerprint density at radius 3 is 2.52 bits per heavy atom. The number of thioether (sulfide) groups is 1. The van der Waals surface area contributed by atoms with E-state index in [0.29, 0.717) is 5.92 Å². The van der Waals surface area contributed by atoms with Crippen molar-refractivity contribution >= 4 is 34.1 Å². The average molecular weight is 383 g/mol. The number of halogens is 1. The molecule has 1 aromatic heterocycles. The van der Waals surface area contributed by atoms with Crippen LogP contribution in [-0.4, -0.2) is 27.9 Å². The van der Waals surface area contributed by atoms with Crippen molar-refractivity contribution < 1.29 is 9.18 Å². The average Bonchev–Trinajstić information content (AvgIpc) is 3.00. The Bertz CT molecular complexity index is 690. The van der Waals surface area contributed by atoms with Crippen molar-refractivity contribution in [1.82, 2.24) is 15.5 Å². The molecule has 1 heterocycles. The van der Waals surface area contributed by atoms with Gasteiger partial charge in [0.25, 0.3) is 0 Å². The van der Waals surface area contributed by atoms with E-state index in [9.17, 15) is 9.18 Å². The second-order valence-corrected chi connectivity index (χ2v) is 8.76. The zero-order chi connectivity index (χ0) is 18.4. The molecule has 1 aromatic carbocycles. The van der Waals surface area contributed by atoms with Crippen LogP contribution in [0.25, 0.3) is 0 Å². The van der Waals surface area contributed by atoms with Crippen LogP contribution in [-0.2, 0) is 4.79 Å². The number of carbonyl (C=O) groups excluding carboxylic acids is 1. The van der Waals surface area contributed by atoms with Crippen molar-refractivity contribution in [3.05, 3.63) is 35.6 Å². The molecule has 5 nitrogen and oxygen atoms in total. The third-order valence-corrected chi connectivity index (χ3v) is 5.51. The number of amides is 1. The van der Waals surface area contributed by atoms with Gasteiger partial charge < -0.3 is 10.6 Å². The number of hydrogen-bond acceptors (Lipinski definition) is 6. The summed E-state index contributed by atoms with van der Waals surface area (Å²) in [5.74, 6) is 0.149. The molecule has 0 bridgehead atoms. The first-order chi connectivity index (χ1) is 11.8. The van der Waals surface area contributed by atoms with Gasteiger partial charge >= 0.3 is 0 Å². The highest BCUT2D eigenvalue weighted by atomic mass is 32.2. The standard InChI is InChI=1S/C17H23FN4OS2/c1-10(2)9-19-16-21-22-17(25-16)24-12(4)15(23)20-11(3)13-5-7-14(18)8-6-13/h5-8,10-12H,9H2,1-4H3,(H,19,21)(H,20,23)/t11-,12-/m1/s1. The quantitative estimate of drug-likeness (QED) is 0.673. The number of carbonyl (C=O) groups is 1. The molecular formula is C17H23FN4OS2. The van der Waals surface area contributed by atoms with Gasteiger partial charge in [0, 0.05) is 6.54 Å². The Hall–Kier alpha value is -1.67. The van der Waals surface area contributed by atoms with Crippen molar-refractivity contribution in [2.45, 2.75) is 43.3 Å². The number of rotatable bonds is 8. The molecule has 25 heavy (non-hydrogen) atoms. The maximum absolute atomic E-state index is 13.0. The molecule has 0 fully saturated rings. The van der Waals surface area contributed by atoms with Crippen LogP contribution >= 0.6 is 23.1 Å². The largest absolute Gasteiger partial charge is 0.360 e. The lowest BCUT2D eigenvalue weighted by Crippen LogP contribution is -2.33. The lowest BCUT2D eigenvalue weighted by molar-refractivity contribution is -0.120. The monoisotopic (exact) mass is 382 g/mol. The van der Waals surface area contributed by atoms with Crippen molar-refractivity contribution in [2.75, 3.05) is 11.9 Å². The summed E-state index contributed by atoms with van der Waals surface area (Å²) >= 11 is 2.82. The number of nitrogens with one attached hydrogen (secondary N) is 2. The molecule has 136 valence electrons. The van der Waals surface area contributed by atoms with Gasteiger partial charge in [-0.15, -0.1) is 10.2 Å². The fourth-order valence-corrected chi connectivity index (χ4v) is 3.90. The Labute approximate surface area is 155 Å². The highest BCUT2D eigenvalue weighted by Crippen LogP contribution is 2.29. The first-order valence-electron chi connectivity index (χ1n) is 8.15. The van der Waals surface area contributed by atoms with E-state index in [0.717, 1.165) is 21.6 Å². The zero-order valence-corrected chi connectivity index (χ0v) is 16.4. The number of nitrogens with zero attached hydrogens (tertiary/aromatic N) is 2. The third kappa shape index (κ3) is 6.28. The van der Waals surface area contributed by atoms with E-state index in [-0.39, 0.29) is 23.0 Å². The second kappa shape index (κ2) is 9.15. The molecule has 0 aliphatic rings. The normalized spacial score (nSPS) is 13.5. The molecule has 0 spiro atoms. The van der Waals surface area contributed by atoms with Crippen molar-refractivity contribution in [1.29, 1.82) is 0 Å². The summed E-state index contributed by atoms with van der Waals surface area (Å²) in [5, 5.41) is 14.8. The molecule has 0 unspecified atom stereocenters. The maximum Gasteiger partial charge on any atom is 0.233 e. The van der Waals surface area contributed by atoms with Crippen LogP contribution in [0.4, 0.5) is 9.52 Å². The summed E-state index contributed by atoms with van der Waals surface area (Å²) in [5.41, 5.74) is 0.864. The SMILES string of the molecule is CC(C)CNc1nnc(S[C@H](C)C(=O)N[C@H](C)c2ccc(F)cc2)s1. The van der Waals surface area contributed by atoms with Crippen LogP contribution in [0, 0.1) is 11.7 Å². The van der Waals surface area contributed by atoms with Gasteiger partial charge in [0.1, 0.15) is 5.82 Å². The molecule has 0 saturated carbocycles.